The summed E-state index contributed by atoms with van der Waals surface area (Å²) in [6, 6.07) is 0.744. The van der Waals surface area contributed by atoms with Gasteiger partial charge in [0.25, 0.3) is 0 Å². The van der Waals surface area contributed by atoms with Gasteiger partial charge in [-0.05, 0) is 50.9 Å². The van der Waals surface area contributed by atoms with Crippen molar-refractivity contribution in [3.05, 3.63) is 0 Å². The van der Waals surface area contributed by atoms with Crippen LogP contribution in [0.2, 0.25) is 0 Å². The third-order valence-electron chi connectivity index (χ3n) is 4.10. The van der Waals surface area contributed by atoms with Crippen LogP contribution in [-0.2, 0) is 0 Å². The van der Waals surface area contributed by atoms with Crippen LogP contribution in [0.1, 0.15) is 32.6 Å². The minimum atomic E-state index is 0.744. The SMILES string of the molecule is CCC(CSC)N(C)CC1CCCC1CN. The van der Waals surface area contributed by atoms with E-state index in [2.05, 4.69) is 25.1 Å². The lowest BCUT2D eigenvalue weighted by molar-refractivity contribution is 0.195. The zero-order valence-electron chi connectivity index (χ0n) is 11.1. The van der Waals surface area contributed by atoms with E-state index in [4.69, 9.17) is 5.73 Å². The van der Waals surface area contributed by atoms with Crippen molar-refractivity contribution in [1.82, 2.24) is 4.90 Å². The molecule has 0 aromatic rings. The molecule has 1 aliphatic carbocycles. The Morgan fingerprint density at radius 2 is 2.06 bits per heavy atom. The molecule has 1 fully saturated rings. The molecular formula is C13H28N2S. The van der Waals surface area contributed by atoms with Crippen molar-refractivity contribution in [1.29, 1.82) is 0 Å². The number of thioether (sulfide) groups is 1. The van der Waals surface area contributed by atoms with E-state index in [1.807, 2.05) is 11.8 Å². The molecule has 1 saturated carbocycles. The zero-order chi connectivity index (χ0) is 12.0. The zero-order valence-corrected chi connectivity index (χ0v) is 11.9. The van der Waals surface area contributed by atoms with E-state index in [1.54, 1.807) is 0 Å². The van der Waals surface area contributed by atoms with Crippen LogP contribution in [0.3, 0.4) is 0 Å². The molecule has 1 rings (SSSR count). The molecule has 0 radical (unpaired) electrons. The molecule has 0 saturated heterocycles. The van der Waals surface area contributed by atoms with Crippen molar-refractivity contribution in [2.75, 3.05) is 32.1 Å². The van der Waals surface area contributed by atoms with Gasteiger partial charge in [-0.25, -0.2) is 0 Å². The third-order valence-corrected chi connectivity index (χ3v) is 4.81. The second-order valence-corrected chi connectivity index (χ2v) is 6.05. The molecule has 2 nitrogen and oxygen atoms in total. The van der Waals surface area contributed by atoms with Gasteiger partial charge in [0.1, 0.15) is 0 Å². The average Bonchev–Trinajstić information content (AvgIpc) is 2.72. The van der Waals surface area contributed by atoms with Gasteiger partial charge in [0, 0.05) is 18.3 Å². The largest absolute Gasteiger partial charge is 0.330 e. The summed E-state index contributed by atoms with van der Waals surface area (Å²) in [5.41, 5.74) is 5.84. The second kappa shape index (κ2) is 7.57. The van der Waals surface area contributed by atoms with Crippen molar-refractivity contribution in [3.8, 4) is 0 Å². The van der Waals surface area contributed by atoms with Crippen LogP contribution in [0, 0.1) is 11.8 Å². The maximum absolute atomic E-state index is 5.84. The normalized spacial score (nSPS) is 27.6. The predicted octanol–water partition coefficient (Wildman–Crippen LogP) is 2.43. The van der Waals surface area contributed by atoms with E-state index in [0.29, 0.717) is 0 Å². The molecular weight excluding hydrogens is 216 g/mol. The summed E-state index contributed by atoms with van der Waals surface area (Å²) in [6.45, 7) is 4.44. The monoisotopic (exact) mass is 244 g/mol. The van der Waals surface area contributed by atoms with Crippen LogP contribution in [0.5, 0.6) is 0 Å². The first-order valence-electron chi connectivity index (χ1n) is 6.62. The predicted molar refractivity (Wildman–Crippen MR) is 75.0 cm³/mol. The van der Waals surface area contributed by atoms with Crippen molar-refractivity contribution in [2.24, 2.45) is 17.6 Å². The Labute approximate surface area is 105 Å². The number of nitrogens with two attached hydrogens (primary N) is 1. The van der Waals surface area contributed by atoms with Gasteiger partial charge >= 0.3 is 0 Å². The van der Waals surface area contributed by atoms with Gasteiger partial charge in [-0.2, -0.15) is 11.8 Å². The summed E-state index contributed by atoms with van der Waals surface area (Å²) in [5.74, 6) is 2.90. The standard InChI is InChI=1S/C13H28N2S/c1-4-13(10-16-3)15(2)9-12-7-5-6-11(12)8-14/h11-13H,4-10,14H2,1-3H3. The lowest BCUT2D eigenvalue weighted by Crippen LogP contribution is -2.38. The minimum absolute atomic E-state index is 0.744. The van der Waals surface area contributed by atoms with Crippen molar-refractivity contribution in [3.63, 3.8) is 0 Å². The van der Waals surface area contributed by atoms with Gasteiger partial charge in [0.15, 0.2) is 0 Å². The number of nitrogens with zero attached hydrogens (tertiary/aromatic N) is 1. The molecule has 0 amide bonds. The Morgan fingerprint density at radius 1 is 1.38 bits per heavy atom. The molecule has 0 heterocycles. The van der Waals surface area contributed by atoms with Gasteiger partial charge < -0.3 is 10.6 Å². The first-order chi connectivity index (χ1) is 7.72. The maximum atomic E-state index is 5.84. The summed E-state index contributed by atoms with van der Waals surface area (Å²) < 4.78 is 0. The van der Waals surface area contributed by atoms with E-state index in [0.717, 1.165) is 24.4 Å². The molecule has 0 aromatic heterocycles. The van der Waals surface area contributed by atoms with Crippen LogP contribution in [0.25, 0.3) is 0 Å². The molecule has 0 aromatic carbocycles. The fourth-order valence-corrected chi connectivity index (χ4v) is 3.81. The lowest BCUT2D eigenvalue weighted by atomic mass is 9.95. The van der Waals surface area contributed by atoms with Crippen LogP contribution >= 0.6 is 11.8 Å². The van der Waals surface area contributed by atoms with Gasteiger partial charge in [-0.3, -0.25) is 0 Å². The molecule has 16 heavy (non-hydrogen) atoms. The van der Waals surface area contributed by atoms with Crippen LogP contribution in [0.15, 0.2) is 0 Å². The smallest absolute Gasteiger partial charge is 0.0180 e. The average molecular weight is 244 g/mol. The second-order valence-electron chi connectivity index (χ2n) is 5.14. The highest BCUT2D eigenvalue weighted by atomic mass is 32.2. The highest BCUT2D eigenvalue weighted by Gasteiger charge is 2.28. The van der Waals surface area contributed by atoms with E-state index in [-0.39, 0.29) is 0 Å². The molecule has 3 unspecified atom stereocenters. The number of hydrogen-bond donors (Lipinski definition) is 1. The molecule has 1 aliphatic rings. The van der Waals surface area contributed by atoms with Gasteiger partial charge in [0.05, 0.1) is 0 Å². The Morgan fingerprint density at radius 3 is 2.62 bits per heavy atom. The van der Waals surface area contributed by atoms with Gasteiger partial charge in [0.2, 0.25) is 0 Å². The van der Waals surface area contributed by atoms with E-state index in [9.17, 15) is 0 Å². The van der Waals surface area contributed by atoms with E-state index in [1.165, 1.54) is 38.0 Å². The van der Waals surface area contributed by atoms with E-state index < -0.39 is 0 Å². The van der Waals surface area contributed by atoms with Crippen molar-refractivity contribution >= 4 is 11.8 Å². The van der Waals surface area contributed by atoms with Crippen LogP contribution in [0.4, 0.5) is 0 Å². The van der Waals surface area contributed by atoms with Crippen LogP contribution in [-0.4, -0.2) is 43.1 Å². The minimum Gasteiger partial charge on any atom is -0.330 e. The fraction of sp³-hybridized carbons (Fsp3) is 1.00. The molecule has 0 bridgehead atoms. The molecule has 3 heteroatoms. The first-order valence-corrected chi connectivity index (χ1v) is 8.01. The summed E-state index contributed by atoms with van der Waals surface area (Å²) in [5, 5.41) is 0. The topological polar surface area (TPSA) is 29.3 Å². The van der Waals surface area contributed by atoms with Crippen LogP contribution < -0.4 is 5.73 Å². The highest BCUT2D eigenvalue weighted by molar-refractivity contribution is 7.98. The van der Waals surface area contributed by atoms with E-state index >= 15 is 0 Å². The highest BCUT2D eigenvalue weighted by Crippen LogP contribution is 2.31. The van der Waals surface area contributed by atoms with Crippen molar-refractivity contribution < 1.29 is 0 Å². The number of hydrogen-bond acceptors (Lipinski definition) is 3. The fourth-order valence-electron chi connectivity index (χ4n) is 2.93. The summed E-state index contributed by atoms with van der Waals surface area (Å²) in [7, 11) is 2.29. The number of rotatable bonds is 7. The maximum Gasteiger partial charge on any atom is 0.0180 e. The quantitative estimate of drug-likeness (QED) is 0.746. The lowest BCUT2D eigenvalue weighted by Gasteiger charge is -2.31. The molecule has 3 atom stereocenters. The molecule has 96 valence electrons. The first kappa shape index (κ1) is 14.3. The molecule has 0 aliphatic heterocycles. The van der Waals surface area contributed by atoms with Gasteiger partial charge in [-0.15, -0.1) is 0 Å². The Kier molecular flexibility index (Phi) is 6.78. The summed E-state index contributed by atoms with van der Waals surface area (Å²) in [6.07, 6.45) is 7.60. The Bertz CT molecular complexity index is 187. The molecule has 0 spiro atoms. The third kappa shape index (κ3) is 3.94. The summed E-state index contributed by atoms with van der Waals surface area (Å²) in [4.78, 5) is 2.56. The summed E-state index contributed by atoms with van der Waals surface area (Å²) >= 11 is 1.96. The molecule has 2 N–H and O–H groups in total. The Balaban J connectivity index is 2.39. The Hall–Kier alpha value is 0.270. The van der Waals surface area contributed by atoms with Crippen molar-refractivity contribution in [2.45, 2.75) is 38.6 Å². The van der Waals surface area contributed by atoms with Gasteiger partial charge in [-0.1, -0.05) is 13.3 Å².